The number of aromatic nitrogens is 1. The van der Waals surface area contributed by atoms with E-state index in [0.29, 0.717) is 31.4 Å². The van der Waals surface area contributed by atoms with Crippen molar-refractivity contribution in [1.82, 2.24) is 14.8 Å². The molecule has 2 N–H and O–H groups in total. The highest BCUT2D eigenvalue weighted by molar-refractivity contribution is 5.92. The van der Waals surface area contributed by atoms with Crippen LogP contribution in [0.1, 0.15) is 82.2 Å². The number of piperidine rings is 1. The first kappa shape index (κ1) is 21.5. The third-order valence-electron chi connectivity index (χ3n) is 8.06. The van der Waals surface area contributed by atoms with Crippen molar-refractivity contribution in [2.75, 3.05) is 18.4 Å². The molecule has 174 valence electrons. The van der Waals surface area contributed by atoms with Crippen LogP contribution in [0.3, 0.4) is 0 Å². The molecule has 0 spiro atoms. The number of carbonyl (C=O) groups is 2. The van der Waals surface area contributed by atoms with E-state index in [1.54, 1.807) is 6.07 Å². The van der Waals surface area contributed by atoms with E-state index in [4.69, 9.17) is 0 Å². The molecule has 1 aromatic heterocycles. The maximum Gasteiger partial charge on any atom is 0.317 e. The van der Waals surface area contributed by atoms with Gasteiger partial charge in [0.15, 0.2) is 0 Å². The third-order valence-corrected chi connectivity index (χ3v) is 8.06. The summed E-state index contributed by atoms with van der Waals surface area (Å²) in [5.74, 6) is 0.472. The summed E-state index contributed by atoms with van der Waals surface area (Å²) in [5, 5.41) is 6.17. The molecule has 1 aromatic rings. The molecule has 2 aliphatic carbocycles. The van der Waals surface area contributed by atoms with Crippen LogP contribution in [-0.2, 0) is 11.3 Å². The van der Waals surface area contributed by atoms with Gasteiger partial charge >= 0.3 is 6.03 Å². The third kappa shape index (κ3) is 4.44. The van der Waals surface area contributed by atoms with E-state index >= 15 is 0 Å². The number of nitrogens with one attached hydrogen (secondary N) is 2. The molecule has 5 rings (SSSR count). The summed E-state index contributed by atoms with van der Waals surface area (Å²) in [6.07, 6.45) is 12.1. The number of carbonyl (C=O) groups excluding carboxylic acids is 2. The van der Waals surface area contributed by atoms with Crippen molar-refractivity contribution in [3.8, 4) is 0 Å². The fraction of sp³-hybridized carbons (Fsp3) is 0.720. The van der Waals surface area contributed by atoms with Gasteiger partial charge in [-0.05, 0) is 50.2 Å². The molecule has 2 saturated carbocycles. The smallest absolute Gasteiger partial charge is 0.317 e. The lowest BCUT2D eigenvalue weighted by atomic mass is 9.83. The van der Waals surface area contributed by atoms with E-state index in [9.17, 15) is 14.4 Å². The number of hydrogen-bond donors (Lipinski definition) is 2. The minimum atomic E-state index is -0.0959. The first-order chi connectivity index (χ1) is 15.6. The molecule has 3 fully saturated rings. The van der Waals surface area contributed by atoms with Crippen molar-refractivity contribution < 1.29 is 9.59 Å². The summed E-state index contributed by atoms with van der Waals surface area (Å²) in [4.78, 5) is 40.7. The van der Waals surface area contributed by atoms with E-state index < -0.39 is 0 Å². The summed E-state index contributed by atoms with van der Waals surface area (Å²) < 4.78 is 1.85. The maximum absolute atomic E-state index is 13.2. The second-order valence-electron chi connectivity index (χ2n) is 10.4. The molecule has 32 heavy (non-hydrogen) atoms. The molecular weight excluding hydrogens is 404 g/mol. The zero-order valence-corrected chi connectivity index (χ0v) is 19.0. The van der Waals surface area contributed by atoms with Crippen molar-refractivity contribution >= 4 is 17.6 Å². The molecule has 7 nitrogen and oxygen atoms in total. The molecule has 2 atom stereocenters. The number of likely N-dealkylation sites (tertiary alicyclic amines) is 1. The number of anilines is 1. The molecule has 3 heterocycles. The molecule has 4 aliphatic rings. The predicted molar refractivity (Wildman–Crippen MR) is 124 cm³/mol. The fourth-order valence-corrected chi connectivity index (χ4v) is 6.32. The van der Waals surface area contributed by atoms with E-state index in [1.807, 2.05) is 15.5 Å². The average molecular weight is 441 g/mol. The van der Waals surface area contributed by atoms with E-state index in [0.717, 1.165) is 50.6 Å². The summed E-state index contributed by atoms with van der Waals surface area (Å²) in [5.41, 5.74) is 1.30. The highest BCUT2D eigenvalue weighted by Crippen LogP contribution is 2.35. The molecule has 0 aromatic carbocycles. The second kappa shape index (κ2) is 9.28. The number of rotatable bonds is 3. The lowest BCUT2D eigenvalue weighted by Gasteiger charge is -2.43. The summed E-state index contributed by atoms with van der Waals surface area (Å²) >= 11 is 0. The highest BCUT2D eigenvalue weighted by Gasteiger charge is 2.37. The molecule has 7 heteroatoms. The topological polar surface area (TPSA) is 83.4 Å². The van der Waals surface area contributed by atoms with Crippen molar-refractivity contribution in [3.63, 3.8) is 0 Å². The van der Waals surface area contributed by atoms with Gasteiger partial charge in [-0.15, -0.1) is 0 Å². The average Bonchev–Trinajstić information content (AvgIpc) is 2.82. The van der Waals surface area contributed by atoms with E-state index in [1.165, 1.54) is 25.7 Å². The van der Waals surface area contributed by atoms with E-state index in [-0.39, 0.29) is 35.3 Å². The van der Waals surface area contributed by atoms with Gasteiger partial charge in [0.25, 0.3) is 5.56 Å². The van der Waals surface area contributed by atoms with Crippen LogP contribution < -0.4 is 16.2 Å². The zero-order valence-electron chi connectivity index (χ0n) is 19.0. The Morgan fingerprint density at radius 3 is 2.34 bits per heavy atom. The van der Waals surface area contributed by atoms with Crippen molar-refractivity contribution in [3.05, 3.63) is 28.2 Å². The van der Waals surface area contributed by atoms with Crippen LogP contribution in [0.25, 0.3) is 0 Å². The summed E-state index contributed by atoms with van der Waals surface area (Å²) in [6, 6.07) is 4.12. The normalized spacial score (nSPS) is 26.3. The van der Waals surface area contributed by atoms with Crippen molar-refractivity contribution in [1.29, 1.82) is 0 Å². The summed E-state index contributed by atoms with van der Waals surface area (Å²) in [7, 11) is 0. The Hall–Kier alpha value is -2.31. The van der Waals surface area contributed by atoms with Crippen LogP contribution in [0.2, 0.25) is 0 Å². The molecule has 3 amide bonds. The van der Waals surface area contributed by atoms with Gasteiger partial charge in [0.05, 0.1) is 0 Å². The first-order valence-corrected chi connectivity index (χ1v) is 12.7. The summed E-state index contributed by atoms with van der Waals surface area (Å²) in [6.45, 7) is 1.97. The number of amides is 3. The van der Waals surface area contributed by atoms with Crippen LogP contribution in [0.4, 0.5) is 10.5 Å². The van der Waals surface area contributed by atoms with Gasteiger partial charge in [-0.2, -0.15) is 0 Å². The van der Waals surface area contributed by atoms with Gasteiger partial charge in [-0.1, -0.05) is 38.5 Å². The molecule has 0 radical (unpaired) electrons. The van der Waals surface area contributed by atoms with Gasteiger partial charge in [-0.3, -0.25) is 9.59 Å². The van der Waals surface area contributed by atoms with Crippen LogP contribution in [0.15, 0.2) is 16.9 Å². The van der Waals surface area contributed by atoms with E-state index in [2.05, 4.69) is 10.6 Å². The molecule has 1 saturated heterocycles. The number of pyridine rings is 1. The van der Waals surface area contributed by atoms with Gasteiger partial charge in [0.1, 0.15) is 5.69 Å². The Balaban J connectivity index is 1.27. The van der Waals surface area contributed by atoms with Crippen molar-refractivity contribution in [2.24, 2.45) is 11.8 Å². The number of urea groups is 1. The van der Waals surface area contributed by atoms with Crippen LogP contribution in [0.5, 0.6) is 0 Å². The van der Waals surface area contributed by atoms with Gasteiger partial charge in [0, 0.05) is 43.2 Å². The number of nitrogens with zero attached hydrogens (tertiary/aromatic N) is 2. The minimum Gasteiger partial charge on any atom is -0.335 e. The Kier molecular flexibility index (Phi) is 6.24. The molecule has 2 aliphatic heterocycles. The zero-order chi connectivity index (χ0) is 22.1. The lowest BCUT2D eigenvalue weighted by molar-refractivity contribution is -0.120. The quantitative estimate of drug-likeness (QED) is 0.749. The molecule has 0 unspecified atom stereocenters. The van der Waals surface area contributed by atoms with Crippen LogP contribution in [0, 0.1) is 11.8 Å². The van der Waals surface area contributed by atoms with Gasteiger partial charge in [0.2, 0.25) is 5.91 Å². The standard InChI is InChI=1S/C25H36N4O3/c30-23(18-7-3-1-4-8-18)27-21-11-12-22-19-13-17(15-29(22)24(21)31)14-28(16-19)25(32)26-20-9-5-2-6-10-20/h11-12,17-20H,1-10,13-16H2,(H,26,32)(H,27,30)/t17-,19-/m1/s1. The van der Waals surface area contributed by atoms with Gasteiger partial charge < -0.3 is 20.1 Å². The number of hydrogen-bond acceptors (Lipinski definition) is 3. The maximum atomic E-state index is 13.2. The Morgan fingerprint density at radius 1 is 0.875 bits per heavy atom. The molecular formula is C25H36N4O3. The molecule has 2 bridgehead atoms. The number of fused-ring (bicyclic) bond motifs is 4. The highest BCUT2D eigenvalue weighted by atomic mass is 16.2. The van der Waals surface area contributed by atoms with Crippen molar-refractivity contribution in [2.45, 2.75) is 89.1 Å². The van der Waals surface area contributed by atoms with Gasteiger partial charge in [-0.25, -0.2) is 4.79 Å². The minimum absolute atomic E-state index is 0.0103. The largest absolute Gasteiger partial charge is 0.335 e. The second-order valence-corrected chi connectivity index (χ2v) is 10.4. The van der Waals surface area contributed by atoms with Crippen LogP contribution in [-0.4, -0.2) is 40.5 Å². The predicted octanol–water partition coefficient (Wildman–Crippen LogP) is 3.83. The monoisotopic (exact) mass is 440 g/mol. The fourth-order valence-electron chi connectivity index (χ4n) is 6.32. The van der Waals surface area contributed by atoms with Crippen LogP contribution >= 0.6 is 0 Å². The lowest BCUT2D eigenvalue weighted by Crippen LogP contribution is -2.53. The Labute approximate surface area is 189 Å². The Morgan fingerprint density at radius 2 is 1.59 bits per heavy atom. The Bertz CT molecular complexity index is 914. The first-order valence-electron chi connectivity index (χ1n) is 12.7. The SMILES string of the molecule is O=C(Nc1ccc2n(c1=O)C[C@@H]1C[C@@H]2CN(C(=O)NC2CCCCC2)C1)C1CCCCC1.